The van der Waals surface area contributed by atoms with Gasteiger partial charge in [0, 0.05) is 10.8 Å². The molecule has 9 heteroatoms. The molecule has 4 amide bonds. The molecular formula is C33H30N2O6S. The maximum atomic E-state index is 14.4. The number of phenols is 1. The SMILES string of the molecule is COc1ccc(C2C3=CCC4C(=O)N(Cc5cccs5)C(=O)C4C3CC3C(=O)N(c4ccccc4)C(=O)C32C)cc1O. The number of likely N-dealkylation sites (tertiary alicyclic amines) is 1. The van der Waals surface area contributed by atoms with E-state index in [0.717, 1.165) is 10.5 Å². The van der Waals surface area contributed by atoms with E-state index in [1.54, 1.807) is 36.4 Å². The minimum Gasteiger partial charge on any atom is -0.504 e. The predicted molar refractivity (Wildman–Crippen MR) is 156 cm³/mol. The summed E-state index contributed by atoms with van der Waals surface area (Å²) in [6.07, 6.45) is 2.69. The number of nitrogens with zero attached hydrogens (tertiary/aromatic N) is 2. The van der Waals surface area contributed by atoms with Gasteiger partial charge >= 0.3 is 0 Å². The number of anilines is 1. The lowest BCUT2D eigenvalue weighted by Gasteiger charge is -2.49. The Hall–Kier alpha value is -4.24. The van der Waals surface area contributed by atoms with Gasteiger partial charge in [0.05, 0.1) is 42.5 Å². The zero-order valence-corrected chi connectivity index (χ0v) is 24.0. The van der Waals surface area contributed by atoms with E-state index in [0.29, 0.717) is 29.8 Å². The first kappa shape index (κ1) is 26.6. The summed E-state index contributed by atoms with van der Waals surface area (Å²) >= 11 is 1.50. The first-order valence-corrected chi connectivity index (χ1v) is 15.0. The lowest BCUT2D eigenvalue weighted by molar-refractivity contribution is -0.141. The van der Waals surface area contributed by atoms with Gasteiger partial charge in [0.2, 0.25) is 23.6 Å². The highest BCUT2D eigenvalue weighted by Crippen LogP contribution is 2.64. The van der Waals surface area contributed by atoms with Gasteiger partial charge < -0.3 is 9.84 Å². The van der Waals surface area contributed by atoms with Crippen molar-refractivity contribution in [2.45, 2.75) is 32.2 Å². The van der Waals surface area contributed by atoms with Crippen molar-refractivity contribution in [1.29, 1.82) is 0 Å². The largest absolute Gasteiger partial charge is 0.504 e. The van der Waals surface area contributed by atoms with Crippen molar-refractivity contribution in [3.8, 4) is 11.5 Å². The molecule has 0 radical (unpaired) electrons. The van der Waals surface area contributed by atoms with E-state index in [4.69, 9.17) is 4.74 Å². The Morgan fingerprint density at radius 1 is 0.976 bits per heavy atom. The van der Waals surface area contributed by atoms with Crippen LogP contribution in [-0.2, 0) is 25.7 Å². The topological polar surface area (TPSA) is 104 Å². The van der Waals surface area contributed by atoms with Crippen LogP contribution >= 0.6 is 11.3 Å². The Morgan fingerprint density at radius 3 is 2.45 bits per heavy atom. The monoisotopic (exact) mass is 582 g/mol. The van der Waals surface area contributed by atoms with Crippen molar-refractivity contribution in [2.75, 3.05) is 12.0 Å². The Balaban J connectivity index is 1.35. The smallest absolute Gasteiger partial charge is 0.241 e. The molecule has 8 nitrogen and oxygen atoms in total. The standard InChI is InChI=1S/C33H30N2O6S/c1-33-24(30(38)35(32(33)40)19-7-4-3-5-8-19)16-23-21(28(33)18-10-13-26(41-2)25(36)15-18)11-12-22-27(23)31(39)34(29(22)37)17-20-9-6-14-42-20/h3-11,13-15,22-24,27-28,36H,12,16-17H2,1-2H3. The number of ether oxygens (including phenoxy) is 1. The van der Waals surface area contributed by atoms with Crippen LogP contribution in [0.3, 0.4) is 0 Å². The van der Waals surface area contributed by atoms with Crippen LogP contribution in [0, 0.1) is 29.1 Å². The van der Waals surface area contributed by atoms with E-state index in [1.807, 2.05) is 42.6 Å². The molecule has 1 N–H and O–H groups in total. The Kier molecular flexibility index (Phi) is 6.13. The number of phenolic OH excluding ortho intramolecular Hbond substituents is 1. The Morgan fingerprint density at radius 2 is 1.76 bits per heavy atom. The van der Waals surface area contributed by atoms with Gasteiger partial charge in [0.1, 0.15) is 0 Å². The fraction of sp³-hybridized carbons (Fsp3) is 0.333. The van der Waals surface area contributed by atoms with Crippen molar-refractivity contribution >= 4 is 40.7 Å². The van der Waals surface area contributed by atoms with Crippen LogP contribution in [0.5, 0.6) is 11.5 Å². The maximum Gasteiger partial charge on any atom is 0.241 e. The quantitative estimate of drug-likeness (QED) is 0.339. The van der Waals surface area contributed by atoms with Gasteiger partial charge in [0.25, 0.3) is 0 Å². The van der Waals surface area contributed by atoms with Crippen molar-refractivity contribution in [3.63, 3.8) is 0 Å². The highest BCUT2D eigenvalue weighted by molar-refractivity contribution is 7.09. The molecule has 2 aliphatic heterocycles. The minimum absolute atomic E-state index is 0.0718. The number of benzene rings is 2. The summed E-state index contributed by atoms with van der Waals surface area (Å²) in [5.74, 6) is -3.58. The second-order valence-corrected chi connectivity index (χ2v) is 12.8. The van der Waals surface area contributed by atoms with Crippen LogP contribution in [0.2, 0.25) is 0 Å². The highest BCUT2D eigenvalue weighted by Gasteiger charge is 2.67. The molecule has 3 fully saturated rings. The van der Waals surface area contributed by atoms with Crippen molar-refractivity contribution in [3.05, 3.63) is 88.1 Å². The summed E-state index contributed by atoms with van der Waals surface area (Å²) in [5, 5.41) is 12.7. The number of hydrogen-bond acceptors (Lipinski definition) is 7. The maximum absolute atomic E-state index is 14.4. The van der Waals surface area contributed by atoms with Gasteiger partial charge in [-0.15, -0.1) is 11.3 Å². The number of aromatic hydroxyl groups is 1. The molecule has 0 spiro atoms. The molecule has 4 aliphatic rings. The molecule has 214 valence electrons. The summed E-state index contributed by atoms with van der Waals surface area (Å²) in [6, 6.07) is 17.8. The van der Waals surface area contributed by atoms with Gasteiger partial charge in [-0.05, 0) is 67.0 Å². The molecule has 1 saturated carbocycles. The molecule has 3 aromatic rings. The number of imide groups is 2. The number of para-hydroxylation sites is 1. The molecule has 6 atom stereocenters. The number of methoxy groups -OCH3 is 1. The molecule has 0 bridgehead atoms. The summed E-state index contributed by atoms with van der Waals surface area (Å²) < 4.78 is 5.28. The second kappa shape index (κ2) is 9.66. The molecule has 6 unspecified atom stereocenters. The summed E-state index contributed by atoms with van der Waals surface area (Å²) in [4.78, 5) is 59.6. The molecule has 2 aromatic carbocycles. The van der Waals surface area contributed by atoms with Crippen LogP contribution in [0.1, 0.15) is 36.1 Å². The van der Waals surface area contributed by atoms with Crippen LogP contribution < -0.4 is 9.64 Å². The fourth-order valence-electron chi connectivity index (χ4n) is 7.88. The van der Waals surface area contributed by atoms with E-state index in [9.17, 15) is 24.3 Å². The first-order chi connectivity index (χ1) is 20.3. The van der Waals surface area contributed by atoms with Crippen molar-refractivity contribution in [1.82, 2.24) is 4.90 Å². The number of fused-ring (bicyclic) bond motifs is 4. The molecule has 1 aromatic heterocycles. The average molecular weight is 583 g/mol. The van der Waals surface area contributed by atoms with Gasteiger partial charge in [0.15, 0.2) is 11.5 Å². The van der Waals surface area contributed by atoms with E-state index in [1.165, 1.54) is 28.2 Å². The first-order valence-electron chi connectivity index (χ1n) is 14.1. The number of allylic oxidation sites excluding steroid dienone is 2. The molecule has 3 heterocycles. The number of thiophene rings is 1. The lowest BCUT2D eigenvalue weighted by atomic mass is 9.51. The van der Waals surface area contributed by atoms with Gasteiger partial charge in [-0.2, -0.15) is 0 Å². The van der Waals surface area contributed by atoms with Gasteiger partial charge in [-0.3, -0.25) is 24.1 Å². The highest BCUT2D eigenvalue weighted by atomic mass is 32.1. The van der Waals surface area contributed by atoms with Crippen molar-refractivity contribution in [2.24, 2.45) is 29.1 Å². The van der Waals surface area contributed by atoms with Gasteiger partial charge in [-0.25, -0.2) is 4.90 Å². The lowest BCUT2D eigenvalue weighted by Crippen LogP contribution is -2.48. The average Bonchev–Trinajstić information content (AvgIpc) is 3.64. The van der Waals surface area contributed by atoms with Crippen LogP contribution in [0.25, 0.3) is 0 Å². The molecule has 7 rings (SSSR count). The summed E-state index contributed by atoms with van der Waals surface area (Å²) in [6.45, 7) is 2.07. The molecular weight excluding hydrogens is 552 g/mol. The summed E-state index contributed by atoms with van der Waals surface area (Å²) in [7, 11) is 1.47. The normalized spacial score (nSPS) is 30.2. The number of rotatable bonds is 5. The zero-order valence-electron chi connectivity index (χ0n) is 23.2. The molecule has 2 saturated heterocycles. The molecule has 2 aliphatic carbocycles. The number of carbonyl (C=O) groups excluding carboxylic acids is 4. The van der Waals surface area contributed by atoms with E-state index in [-0.39, 0.29) is 35.9 Å². The second-order valence-electron chi connectivity index (χ2n) is 11.8. The third-order valence-electron chi connectivity index (χ3n) is 9.81. The Bertz CT molecular complexity index is 1650. The van der Waals surface area contributed by atoms with E-state index < -0.39 is 35.0 Å². The number of hydrogen-bond donors (Lipinski definition) is 1. The van der Waals surface area contributed by atoms with E-state index >= 15 is 0 Å². The molecule has 42 heavy (non-hydrogen) atoms. The predicted octanol–water partition coefficient (Wildman–Crippen LogP) is 4.89. The summed E-state index contributed by atoms with van der Waals surface area (Å²) in [5.41, 5.74) is 0.891. The third kappa shape index (κ3) is 3.65. The van der Waals surface area contributed by atoms with Crippen LogP contribution in [0.4, 0.5) is 5.69 Å². The Labute approximate surface area is 247 Å². The van der Waals surface area contributed by atoms with E-state index in [2.05, 4.69) is 0 Å². The fourth-order valence-corrected chi connectivity index (χ4v) is 8.58. The zero-order chi connectivity index (χ0) is 29.3. The number of carbonyl (C=O) groups is 4. The van der Waals surface area contributed by atoms with Crippen molar-refractivity contribution < 1.29 is 29.0 Å². The number of amides is 4. The van der Waals surface area contributed by atoms with Crippen LogP contribution in [0.15, 0.2) is 77.7 Å². The van der Waals surface area contributed by atoms with Crippen LogP contribution in [-0.4, -0.2) is 40.7 Å². The minimum atomic E-state index is -1.16. The third-order valence-corrected chi connectivity index (χ3v) is 10.7. The van der Waals surface area contributed by atoms with Gasteiger partial charge in [-0.1, -0.05) is 42.0 Å².